The van der Waals surface area contributed by atoms with Crippen molar-refractivity contribution in [2.75, 3.05) is 0 Å². The Balaban J connectivity index is 2.37. The molecule has 0 aliphatic rings. The van der Waals surface area contributed by atoms with Gasteiger partial charge in [-0.1, -0.05) is 19.9 Å². The molecule has 0 aliphatic heterocycles. The fourth-order valence-electron chi connectivity index (χ4n) is 1.05. The van der Waals surface area contributed by atoms with E-state index in [1.54, 1.807) is 18.6 Å². The number of aromatic nitrogens is 1. The van der Waals surface area contributed by atoms with Crippen LogP contribution in [0.15, 0.2) is 29.6 Å². The van der Waals surface area contributed by atoms with Gasteiger partial charge in [0.05, 0.1) is 6.21 Å². The van der Waals surface area contributed by atoms with E-state index < -0.39 is 0 Å². The number of carbonyl (C=O) groups is 1. The SMILES string of the molecule is CC(C)CC(=O)NN=Cc1cccnc1. The van der Waals surface area contributed by atoms with Gasteiger partial charge in [0.15, 0.2) is 0 Å². The molecule has 0 saturated carbocycles. The molecule has 0 aromatic carbocycles. The molecule has 0 saturated heterocycles. The van der Waals surface area contributed by atoms with Gasteiger partial charge in [0.1, 0.15) is 0 Å². The summed E-state index contributed by atoms with van der Waals surface area (Å²) in [4.78, 5) is 15.1. The summed E-state index contributed by atoms with van der Waals surface area (Å²) in [7, 11) is 0. The van der Waals surface area contributed by atoms with Crippen molar-refractivity contribution >= 4 is 12.1 Å². The van der Waals surface area contributed by atoms with Crippen LogP contribution in [-0.4, -0.2) is 17.1 Å². The average molecular weight is 205 g/mol. The molecule has 4 nitrogen and oxygen atoms in total. The molecule has 0 bridgehead atoms. The predicted octanol–water partition coefficient (Wildman–Crippen LogP) is 1.58. The normalized spacial score (nSPS) is 10.9. The quantitative estimate of drug-likeness (QED) is 0.599. The third-order valence-electron chi connectivity index (χ3n) is 1.68. The highest BCUT2D eigenvalue weighted by Crippen LogP contribution is 1.97. The van der Waals surface area contributed by atoms with Crippen molar-refractivity contribution in [1.82, 2.24) is 10.4 Å². The molecule has 0 atom stereocenters. The fraction of sp³-hybridized carbons (Fsp3) is 0.364. The van der Waals surface area contributed by atoms with Crippen LogP contribution in [0.1, 0.15) is 25.8 Å². The molecule has 0 aliphatic carbocycles. The second-order valence-corrected chi connectivity index (χ2v) is 3.68. The molecule has 0 spiro atoms. The van der Waals surface area contributed by atoms with Gasteiger partial charge < -0.3 is 0 Å². The van der Waals surface area contributed by atoms with Crippen LogP contribution in [0.25, 0.3) is 0 Å². The first-order valence-electron chi connectivity index (χ1n) is 4.90. The summed E-state index contributed by atoms with van der Waals surface area (Å²) in [5.74, 6) is 0.281. The molecular weight excluding hydrogens is 190 g/mol. The zero-order chi connectivity index (χ0) is 11.1. The van der Waals surface area contributed by atoms with Crippen LogP contribution >= 0.6 is 0 Å². The molecule has 1 rings (SSSR count). The van der Waals surface area contributed by atoms with Gasteiger partial charge in [-0.3, -0.25) is 9.78 Å². The highest BCUT2D eigenvalue weighted by molar-refractivity contribution is 5.81. The summed E-state index contributed by atoms with van der Waals surface area (Å²) < 4.78 is 0. The topological polar surface area (TPSA) is 54.4 Å². The van der Waals surface area contributed by atoms with Crippen LogP contribution in [-0.2, 0) is 4.79 Å². The molecule has 0 radical (unpaired) electrons. The van der Waals surface area contributed by atoms with Crippen LogP contribution in [0, 0.1) is 5.92 Å². The van der Waals surface area contributed by atoms with Gasteiger partial charge in [-0.05, 0) is 12.0 Å². The first-order chi connectivity index (χ1) is 7.18. The van der Waals surface area contributed by atoms with Crippen molar-refractivity contribution in [1.29, 1.82) is 0 Å². The van der Waals surface area contributed by atoms with E-state index in [0.717, 1.165) is 5.56 Å². The fourth-order valence-corrected chi connectivity index (χ4v) is 1.05. The summed E-state index contributed by atoms with van der Waals surface area (Å²) in [6, 6.07) is 3.68. The number of carbonyl (C=O) groups excluding carboxylic acids is 1. The molecule has 0 fully saturated rings. The number of pyridine rings is 1. The first kappa shape index (κ1) is 11.4. The zero-order valence-electron chi connectivity index (χ0n) is 8.97. The Morgan fingerprint density at radius 3 is 3.07 bits per heavy atom. The van der Waals surface area contributed by atoms with E-state index in [2.05, 4.69) is 15.5 Å². The monoisotopic (exact) mass is 205 g/mol. The van der Waals surface area contributed by atoms with Gasteiger partial charge in [-0.25, -0.2) is 5.43 Å². The molecule has 1 amide bonds. The third-order valence-corrected chi connectivity index (χ3v) is 1.68. The van der Waals surface area contributed by atoms with Gasteiger partial charge in [0.25, 0.3) is 0 Å². The number of nitrogens with one attached hydrogen (secondary N) is 1. The number of nitrogens with zero attached hydrogens (tertiary/aromatic N) is 2. The molecule has 4 heteroatoms. The minimum absolute atomic E-state index is 0.0647. The lowest BCUT2D eigenvalue weighted by Crippen LogP contribution is -2.19. The van der Waals surface area contributed by atoms with Gasteiger partial charge in [-0.2, -0.15) is 5.10 Å². The van der Waals surface area contributed by atoms with E-state index in [9.17, 15) is 4.79 Å². The summed E-state index contributed by atoms with van der Waals surface area (Å²) in [5, 5.41) is 3.83. The second-order valence-electron chi connectivity index (χ2n) is 3.68. The Kier molecular flexibility index (Phi) is 4.47. The first-order valence-corrected chi connectivity index (χ1v) is 4.90. The maximum atomic E-state index is 11.2. The van der Waals surface area contributed by atoms with Crippen molar-refractivity contribution < 1.29 is 4.79 Å². The predicted molar refractivity (Wildman–Crippen MR) is 59.4 cm³/mol. The maximum absolute atomic E-state index is 11.2. The number of hydrogen-bond acceptors (Lipinski definition) is 3. The number of rotatable bonds is 4. The van der Waals surface area contributed by atoms with Crippen molar-refractivity contribution in [2.24, 2.45) is 11.0 Å². The molecular formula is C11H15N3O. The lowest BCUT2D eigenvalue weighted by Gasteiger charge is -2.01. The van der Waals surface area contributed by atoms with Crippen molar-refractivity contribution in [3.05, 3.63) is 30.1 Å². The van der Waals surface area contributed by atoms with Crippen LogP contribution in [0.4, 0.5) is 0 Å². The minimum Gasteiger partial charge on any atom is -0.273 e. The van der Waals surface area contributed by atoms with Crippen molar-refractivity contribution in [3.8, 4) is 0 Å². The van der Waals surface area contributed by atoms with E-state index in [4.69, 9.17) is 0 Å². The standard InChI is InChI=1S/C11H15N3O/c1-9(2)6-11(15)14-13-8-10-4-3-5-12-7-10/h3-5,7-9H,6H2,1-2H3,(H,14,15). The van der Waals surface area contributed by atoms with E-state index in [1.807, 2.05) is 26.0 Å². The average Bonchev–Trinajstić information content (AvgIpc) is 2.18. The molecule has 0 unspecified atom stereocenters. The molecule has 1 aromatic heterocycles. The Hall–Kier alpha value is -1.71. The van der Waals surface area contributed by atoms with E-state index in [1.165, 1.54) is 0 Å². The molecule has 1 N–H and O–H groups in total. The second kappa shape index (κ2) is 5.90. The summed E-state index contributed by atoms with van der Waals surface area (Å²) in [5.41, 5.74) is 3.33. The molecule has 1 aromatic rings. The lowest BCUT2D eigenvalue weighted by molar-refractivity contribution is -0.121. The Morgan fingerprint density at radius 2 is 2.47 bits per heavy atom. The van der Waals surface area contributed by atoms with Gasteiger partial charge in [0.2, 0.25) is 5.91 Å². The van der Waals surface area contributed by atoms with E-state index >= 15 is 0 Å². The Labute approximate surface area is 89.4 Å². The zero-order valence-corrected chi connectivity index (χ0v) is 8.97. The minimum atomic E-state index is -0.0647. The van der Waals surface area contributed by atoms with Crippen molar-refractivity contribution in [2.45, 2.75) is 20.3 Å². The van der Waals surface area contributed by atoms with Crippen LogP contribution < -0.4 is 5.43 Å². The van der Waals surface area contributed by atoms with Crippen LogP contribution in [0.2, 0.25) is 0 Å². The van der Waals surface area contributed by atoms with E-state index in [-0.39, 0.29) is 5.91 Å². The summed E-state index contributed by atoms with van der Waals surface area (Å²) in [6.07, 6.45) is 5.43. The number of hydrazone groups is 1. The van der Waals surface area contributed by atoms with E-state index in [0.29, 0.717) is 12.3 Å². The van der Waals surface area contributed by atoms with Crippen molar-refractivity contribution in [3.63, 3.8) is 0 Å². The van der Waals surface area contributed by atoms with Crippen LogP contribution in [0.5, 0.6) is 0 Å². The van der Waals surface area contributed by atoms with Gasteiger partial charge >= 0.3 is 0 Å². The molecule has 15 heavy (non-hydrogen) atoms. The largest absolute Gasteiger partial charge is 0.273 e. The summed E-state index contributed by atoms with van der Waals surface area (Å²) in [6.45, 7) is 3.98. The molecule has 1 heterocycles. The maximum Gasteiger partial charge on any atom is 0.240 e. The van der Waals surface area contributed by atoms with Crippen LogP contribution in [0.3, 0.4) is 0 Å². The molecule has 80 valence electrons. The third kappa shape index (κ3) is 4.90. The lowest BCUT2D eigenvalue weighted by atomic mass is 10.1. The summed E-state index contributed by atoms with van der Waals surface area (Å²) >= 11 is 0. The highest BCUT2D eigenvalue weighted by atomic mass is 16.2. The smallest absolute Gasteiger partial charge is 0.240 e. The van der Waals surface area contributed by atoms with Gasteiger partial charge in [0, 0.05) is 24.4 Å². The van der Waals surface area contributed by atoms with Gasteiger partial charge in [-0.15, -0.1) is 0 Å². The highest BCUT2D eigenvalue weighted by Gasteiger charge is 2.01. The number of amides is 1. The Morgan fingerprint density at radius 1 is 1.67 bits per heavy atom. The Bertz CT molecular complexity index is 333. The number of hydrogen-bond donors (Lipinski definition) is 1.